The molecule has 0 fully saturated rings. The second-order valence-corrected chi connectivity index (χ2v) is 5.49. The molecule has 0 unspecified atom stereocenters. The van der Waals surface area contributed by atoms with Gasteiger partial charge in [0.2, 0.25) is 0 Å². The van der Waals surface area contributed by atoms with Crippen molar-refractivity contribution >= 4 is 22.6 Å². The van der Waals surface area contributed by atoms with E-state index in [1.165, 1.54) is 12.1 Å². The number of nitrogens with zero attached hydrogens (tertiary/aromatic N) is 2. The van der Waals surface area contributed by atoms with Gasteiger partial charge >= 0.3 is 0 Å². The van der Waals surface area contributed by atoms with Crippen molar-refractivity contribution in [1.29, 1.82) is 0 Å². The average molecular weight is 332 g/mol. The number of nitrogens with one attached hydrogen (secondary N) is 2. The first-order valence-corrected chi connectivity index (χ1v) is 7.67. The fourth-order valence-electron chi connectivity index (χ4n) is 2.58. The minimum Gasteiger partial charge on any atom is -0.338 e. The van der Waals surface area contributed by atoms with Crippen molar-refractivity contribution in [3.8, 4) is 11.4 Å². The number of halogens is 1. The second kappa shape index (κ2) is 6.16. The number of anilines is 1. The largest absolute Gasteiger partial charge is 0.338 e. The lowest BCUT2D eigenvalue weighted by molar-refractivity contribution is 0.102. The Labute approximate surface area is 142 Å². The lowest BCUT2D eigenvalue weighted by Gasteiger charge is -2.05. The first-order chi connectivity index (χ1) is 12.2. The maximum atomic E-state index is 13.7. The molecule has 0 aliphatic heterocycles. The van der Waals surface area contributed by atoms with E-state index in [1.807, 2.05) is 12.1 Å². The number of H-pyrrole nitrogens is 1. The van der Waals surface area contributed by atoms with Crippen LogP contribution in [-0.4, -0.2) is 20.9 Å². The van der Waals surface area contributed by atoms with E-state index < -0.39 is 11.7 Å². The third-order valence-corrected chi connectivity index (χ3v) is 3.81. The molecule has 0 bridgehead atoms. The van der Waals surface area contributed by atoms with Crippen LogP contribution in [0.4, 0.5) is 10.1 Å². The molecule has 0 spiro atoms. The van der Waals surface area contributed by atoms with Crippen molar-refractivity contribution in [3.05, 3.63) is 78.4 Å². The number of fused-ring (bicyclic) bond motifs is 1. The van der Waals surface area contributed by atoms with E-state index >= 15 is 0 Å². The SMILES string of the molecule is O=C(Nc1ccc2nc(-c3ccncc3)[nH]c2c1)c1ccccc1F. The summed E-state index contributed by atoms with van der Waals surface area (Å²) in [5, 5.41) is 2.70. The summed E-state index contributed by atoms with van der Waals surface area (Å²) in [5.74, 6) is -0.330. The minimum atomic E-state index is -0.553. The Morgan fingerprint density at radius 1 is 1.04 bits per heavy atom. The van der Waals surface area contributed by atoms with E-state index in [2.05, 4.69) is 20.3 Å². The van der Waals surface area contributed by atoms with E-state index in [9.17, 15) is 9.18 Å². The van der Waals surface area contributed by atoms with Gasteiger partial charge in [0.15, 0.2) is 0 Å². The number of imidazole rings is 1. The molecule has 0 aliphatic rings. The zero-order valence-corrected chi connectivity index (χ0v) is 13.0. The molecule has 0 atom stereocenters. The Balaban J connectivity index is 1.63. The van der Waals surface area contributed by atoms with E-state index in [0.29, 0.717) is 5.69 Å². The van der Waals surface area contributed by atoms with Crippen LogP contribution in [-0.2, 0) is 0 Å². The topological polar surface area (TPSA) is 70.7 Å². The van der Waals surface area contributed by atoms with Crippen molar-refractivity contribution in [2.24, 2.45) is 0 Å². The quantitative estimate of drug-likeness (QED) is 0.595. The Morgan fingerprint density at radius 3 is 2.64 bits per heavy atom. The molecule has 2 N–H and O–H groups in total. The highest BCUT2D eigenvalue weighted by Crippen LogP contribution is 2.23. The first-order valence-electron chi connectivity index (χ1n) is 7.67. The predicted octanol–water partition coefficient (Wildman–Crippen LogP) is 4.02. The number of pyridine rings is 1. The lowest BCUT2D eigenvalue weighted by Crippen LogP contribution is -2.13. The van der Waals surface area contributed by atoms with Crippen LogP contribution < -0.4 is 5.32 Å². The summed E-state index contributed by atoms with van der Waals surface area (Å²) in [5.41, 5.74) is 3.03. The summed E-state index contributed by atoms with van der Waals surface area (Å²) in [7, 11) is 0. The summed E-state index contributed by atoms with van der Waals surface area (Å²) in [6.45, 7) is 0. The molecule has 5 nitrogen and oxygen atoms in total. The number of carbonyl (C=O) groups is 1. The fourth-order valence-corrected chi connectivity index (χ4v) is 2.58. The van der Waals surface area contributed by atoms with E-state index in [1.54, 1.807) is 42.7 Å². The van der Waals surface area contributed by atoms with Gasteiger partial charge in [0.05, 0.1) is 16.6 Å². The predicted molar refractivity (Wildman–Crippen MR) is 93.7 cm³/mol. The third-order valence-electron chi connectivity index (χ3n) is 3.81. The van der Waals surface area contributed by atoms with E-state index in [4.69, 9.17) is 0 Å². The van der Waals surface area contributed by atoms with Crippen LogP contribution in [0.1, 0.15) is 10.4 Å². The van der Waals surface area contributed by atoms with Crippen LogP contribution in [0.15, 0.2) is 67.0 Å². The fraction of sp³-hybridized carbons (Fsp3) is 0. The lowest BCUT2D eigenvalue weighted by atomic mass is 10.2. The molecule has 0 saturated carbocycles. The van der Waals surface area contributed by atoms with Crippen LogP contribution in [0.2, 0.25) is 0 Å². The molecule has 0 aliphatic carbocycles. The van der Waals surface area contributed by atoms with E-state index in [0.717, 1.165) is 22.4 Å². The summed E-state index contributed by atoms with van der Waals surface area (Å²) >= 11 is 0. The Morgan fingerprint density at radius 2 is 1.84 bits per heavy atom. The van der Waals surface area contributed by atoms with Gasteiger partial charge in [-0.3, -0.25) is 9.78 Å². The molecule has 2 heterocycles. The van der Waals surface area contributed by atoms with Crippen LogP contribution in [0, 0.1) is 5.82 Å². The van der Waals surface area contributed by atoms with Gasteiger partial charge < -0.3 is 10.3 Å². The molecule has 25 heavy (non-hydrogen) atoms. The second-order valence-electron chi connectivity index (χ2n) is 5.49. The van der Waals surface area contributed by atoms with Gasteiger partial charge in [0, 0.05) is 23.6 Å². The Bertz CT molecular complexity index is 1060. The normalized spacial score (nSPS) is 10.8. The van der Waals surface area contributed by atoms with Crippen LogP contribution in [0.5, 0.6) is 0 Å². The van der Waals surface area contributed by atoms with Gasteiger partial charge in [-0.1, -0.05) is 12.1 Å². The van der Waals surface area contributed by atoms with Gasteiger partial charge in [0.1, 0.15) is 11.6 Å². The maximum absolute atomic E-state index is 13.7. The summed E-state index contributed by atoms with van der Waals surface area (Å²) < 4.78 is 13.7. The molecule has 4 aromatic rings. The number of carbonyl (C=O) groups excluding carboxylic acids is 1. The van der Waals surface area contributed by atoms with E-state index in [-0.39, 0.29) is 5.56 Å². The number of aromatic nitrogens is 3. The number of hydrogen-bond donors (Lipinski definition) is 2. The Kier molecular flexibility index (Phi) is 3.70. The first kappa shape index (κ1) is 15.0. The summed E-state index contributed by atoms with van der Waals surface area (Å²) in [6, 6.07) is 14.9. The molecule has 6 heteroatoms. The standard InChI is InChI=1S/C19H13FN4O/c20-15-4-2-1-3-14(15)19(25)22-13-5-6-16-17(11-13)24-18(23-16)12-7-9-21-10-8-12/h1-11H,(H,22,25)(H,23,24). The van der Waals surface area contributed by atoms with Crippen molar-refractivity contribution in [1.82, 2.24) is 15.0 Å². The van der Waals surface area contributed by atoms with Gasteiger partial charge in [-0.15, -0.1) is 0 Å². The molecule has 0 radical (unpaired) electrons. The number of hydrogen-bond acceptors (Lipinski definition) is 3. The van der Waals surface area contributed by atoms with Crippen molar-refractivity contribution < 1.29 is 9.18 Å². The molecular weight excluding hydrogens is 319 g/mol. The Hall–Kier alpha value is -3.54. The summed E-state index contributed by atoms with van der Waals surface area (Å²) in [6.07, 6.45) is 3.39. The zero-order chi connectivity index (χ0) is 17.2. The number of benzene rings is 2. The number of amides is 1. The smallest absolute Gasteiger partial charge is 0.258 e. The zero-order valence-electron chi connectivity index (χ0n) is 13.0. The van der Waals surface area contributed by atoms with Crippen LogP contribution >= 0.6 is 0 Å². The highest BCUT2D eigenvalue weighted by atomic mass is 19.1. The number of aromatic amines is 1. The van der Waals surface area contributed by atoms with Gasteiger partial charge in [-0.05, 0) is 42.5 Å². The van der Waals surface area contributed by atoms with Crippen LogP contribution in [0.3, 0.4) is 0 Å². The van der Waals surface area contributed by atoms with Crippen molar-refractivity contribution in [2.75, 3.05) is 5.32 Å². The molecule has 2 aromatic carbocycles. The number of rotatable bonds is 3. The summed E-state index contributed by atoms with van der Waals surface area (Å²) in [4.78, 5) is 23.9. The van der Waals surface area contributed by atoms with Gasteiger partial charge in [-0.25, -0.2) is 9.37 Å². The molecule has 4 rings (SSSR count). The van der Waals surface area contributed by atoms with Gasteiger partial charge in [-0.2, -0.15) is 0 Å². The van der Waals surface area contributed by atoms with Crippen molar-refractivity contribution in [2.45, 2.75) is 0 Å². The molecule has 122 valence electrons. The third kappa shape index (κ3) is 2.97. The monoisotopic (exact) mass is 332 g/mol. The van der Waals surface area contributed by atoms with Crippen molar-refractivity contribution in [3.63, 3.8) is 0 Å². The maximum Gasteiger partial charge on any atom is 0.258 e. The molecule has 2 aromatic heterocycles. The molecule has 0 saturated heterocycles. The van der Waals surface area contributed by atoms with Crippen LogP contribution in [0.25, 0.3) is 22.4 Å². The molecule has 1 amide bonds. The molecular formula is C19H13FN4O. The average Bonchev–Trinajstić information content (AvgIpc) is 3.06. The highest BCUT2D eigenvalue weighted by Gasteiger charge is 2.12. The van der Waals surface area contributed by atoms with Gasteiger partial charge in [0.25, 0.3) is 5.91 Å². The minimum absolute atomic E-state index is 0.00434. The highest BCUT2D eigenvalue weighted by molar-refractivity contribution is 6.05.